The number of amides is 1. The SMILES string of the molecule is Cn1cc([N+](=O)[O-])c(C(=O)Nc2cnn(COc3ccc(Br)cc3)c2)n1. The normalized spacial score (nSPS) is 10.5. The molecular weight excluding hydrogens is 408 g/mol. The van der Waals surface area contributed by atoms with Gasteiger partial charge in [-0.1, -0.05) is 15.9 Å². The van der Waals surface area contributed by atoms with Crippen molar-refractivity contribution in [3.63, 3.8) is 0 Å². The van der Waals surface area contributed by atoms with Crippen LogP contribution in [0.3, 0.4) is 0 Å². The van der Waals surface area contributed by atoms with Crippen LogP contribution in [0.2, 0.25) is 0 Å². The summed E-state index contributed by atoms with van der Waals surface area (Å²) < 4.78 is 9.20. The maximum absolute atomic E-state index is 12.2. The number of anilines is 1. The van der Waals surface area contributed by atoms with Gasteiger partial charge in [0.15, 0.2) is 6.73 Å². The molecule has 0 aliphatic carbocycles. The van der Waals surface area contributed by atoms with Crippen LogP contribution in [0, 0.1) is 10.1 Å². The summed E-state index contributed by atoms with van der Waals surface area (Å²) in [6, 6.07) is 7.31. The van der Waals surface area contributed by atoms with Gasteiger partial charge in [0.1, 0.15) is 11.9 Å². The van der Waals surface area contributed by atoms with Gasteiger partial charge >= 0.3 is 5.69 Å². The van der Waals surface area contributed by atoms with E-state index >= 15 is 0 Å². The fraction of sp³-hybridized carbons (Fsp3) is 0.133. The number of halogens is 1. The predicted octanol–water partition coefficient (Wildman–Crippen LogP) is 2.58. The molecule has 1 aromatic carbocycles. The Labute approximate surface area is 155 Å². The number of nitrogens with zero attached hydrogens (tertiary/aromatic N) is 5. The van der Waals surface area contributed by atoms with Gasteiger partial charge in [-0.05, 0) is 24.3 Å². The van der Waals surface area contributed by atoms with Gasteiger partial charge in [0, 0.05) is 11.5 Å². The highest BCUT2D eigenvalue weighted by atomic mass is 79.9. The summed E-state index contributed by atoms with van der Waals surface area (Å²) in [5.74, 6) is -0.0240. The van der Waals surface area contributed by atoms with Gasteiger partial charge in [-0.15, -0.1) is 0 Å². The van der Waals surface area contributed by atoms with Gasteiger partial charge in [-0.25, -0.2) is 4.68 Å². The van der Waals surface area contributed by atoms with Gasteiger partial charge in [-0.2, -0.15) is 10.2 Å². The summed E-state index contributed by atoms with van der Waals surface area (Å²) in [7, 11) is 1.50. The van der Waals surface area contributed by atoms with Crippen LogP contribution in [-0.2, 0) is 13.8 Å². The van der Waals surface area contributed by atoms with Crippen LogP contribution in [0.4, 0.5) is 11.4 Å². The maximum atomic E-state index is 12.2. The van der Waals surface area contributed by atoms with Crippen LogP contribution in [0.25, 0.3) is 0 Å². The molecular formula is C15H13BrN6O4. The molecule has 1 amide bonds. The number of aryl methyl sites for hydroxylation is 1. The highest BCUT2D eigenvalue weighted by Gasteiger charge is 2.25. The molecule has 0 aliphatic rings. The van der Waals surface area contributed by atoms with E-state index in [1.54, 1.807) is 18.3 Å². The third-order valence-electron chi connectivity index (χ3n) is 3.29. The number of hydrogen-bond acceptors (Lipinski definition) is 6. The Morgan fingerprint density at radius 3 is 2.77 bits per heavy atom. The number of nitrogens with one attached hydrogen (secondary N) is 1. The molecule has 11 heteroatoms. The molecule has 0 bridgehead atoms. The van der Waals surface area contributed by atoms with E-state index in [4.69, 9.17) is 4.74 Å². The van der Waals surface area contributed by atoms with Gasteiger partial charge in [0.2, 0.25) is 5.69 Å². The van der Waals surface area contributed by atoms with Crippen molar-refractivity contribution in [3.8, 4) is 5.75 Å². The lowest BCUT2D eigenvalue weighted by atomic mass is 10.3. The van der Waals surface area contributed by atoms with E-state index in [0.29, 0.717) is 11.4 Å². The van der Waals surface area contributed by atoms with Crippen LogP contribution in [0.5, 0.6) is 5.75 Å². The third kappa shape index (κ3) is 4.06. The molecule has 0 saturated carbocycles. The van der Waals surface area contributed by atoms with E-state index in [1.807, 2.05) is 12.1 Å². The van der Waals surface area contributed by atoms with E-state index in [2.05, 4.69) is 31.4 Å². The first-order valence-corrected chi connectivity index (χ1v) is 8.12. The number of rotatable bonds is 6. The number of carbonyl (C=O) groups excluding carboxylic acids is 1. The maximum Gasteiger partial charge on any atom is 0.320 e. The average molecular weight is 421 g/mol. The highest BCUT2D eigenvalue weighted by molar-refractivity contribution is 9.10. The van der Waals surface area contributed by atoms with E-state index < -0.39 is 10.8 Å². The monoisotopic (exact) mass is 420 g/mol. The van der Waals surface area contributed by atoms with E-state index in [0.717, 1.165) is 4.47 Å². The Bertz CT molecular complexity index is 949. The molecule has 0 radical (unpaired) electrons. The lowest BCUT2D eigenvalue weighted by Crippen LogP contribution is -2.14. The Morgan fingerprint density at radius 1 is 1.35 bits per heavy atom. The molecule has 134 valence electrons. The number of ether oxygens (including phenoxy) is 1. The quantitative estimate of drug-likeness (QED) is 0.483. The number of carbonyl (C=O) groups is 1. The first kappa shape index (κ1) is 17.6. The first-order valence-electron chi connectivity index (χ1n) is 7.32. The van der Waals surface area contributed by atoms with Crippen LogP contribution >= 0.6 is 15.9 Å². The van der Waals surface area contributed by atoms with Crippen molar-refractivity contribution in [2.75, 3.05) is 5.32 Å². The third-order valence-corrected chi connectivity index (χ3v) is 3.82. The van der Waals surface area contributed by atoms with Crippen LogP contribution in [0.1, 0.15) is 10.5 Å². The van der Waals surface area contributed by atoms with Gasteiger partial charge in [0.25, 0.3) is 5.91 Å². The summed E-state index contributed by atoms with van der Waals surface area (Å²) in [5.41, 5.74) is -0.262. The summed E-state index contributed by atoms with van der Waals surface area (Å²) in [6.07, 6.45) is 4.13. The minimum atomic E-state index is -0.689. The Kier molecular flexibility index (Phi) is 4.98. The van der Waals surface area contributed by atoms with Crippen molar-refractivity contribution < 1.29 is 14.5 Å². The number of hydrogen-bond donors (Lipinski definition) is 1. The van der Waals surface area contributed by atoms with Crippen molar-refractivity contribution in [2.24, 2.45) is 7.05 Å². The standard InChI is InChI=1S/C15H13BrN6O4/c1-20-8-13(22(24)25)14(19-20)15(23)18-11-6-17-21(7-11)9-26-12-4-2-10(16)3-5-12/h2-8H,9H2,1H3,(H,18,23). The molecule has 3 rings (SSSR count). The zero-order valence-electron chi connectivity index (χ0n) is 13.5. The fourth-order valence-corrected chi connectivity index (χ4v) is 2.40. The molecule has 10 nitrogen and oxygen atoms in total. The van der Waals surface area contributed by atoms with Crippen LogP contribution in [0.15, 0.2) is 47.3 Å². The number of aromatic nitrogens is 4. The Morgan fingerprint density at radius 2 is 2.08 bits per heavy atom. The molecule has 1 N–H and O–H groups in total. The average Bonchev–Trinajstić information content (AvgIpc) is 3.21. The van der Waals surface area contributed by atoms with Crippen molar-refractivity contribution in [2.45, 2.75) is 6.73 Å². The summed E-state index contributed by atoms with van der Waals surface area (Å²) in [6.45, 7) is 0.140. The van der Waals surface area contributed by atoms with E-state index in [1.165, 1.54) is 28.8 Å². The Balaban J connectivity index is 1.64. The fourth-order valence-electron chi connectivity index (χ4n) is 2.13. The summed E-state index contributed by atoms with van der Waals surface area (Å²) in [4.78, 5) is 22.5. The van der Waals surface area contributed by atoms with Crippen molar-refractivity contribution in [1.29, 1.82) is 0 Å². The van der Waals surface area contributed by atoms with E-state index in [-0.39, 0.29) is 18.1 Å². The summed E-state index contributed by atoms with van der Waals surface area (Å²) in [5, 5.41) is 21.4. The van der Waals surface area contributed by atoms with Gasteiger partial charge in [-0.3, -0.25) is 19.6 Å². The molecule has 0 spiro atoms. The van der Waals surface area contributed by atoms with Gasteiger partial charge < -0.3 is 10.1 Å². The van der Waals surface area contributed by atoms with Crippen molar-refractivity contribution in [1.82, 2.24) is 19.6 Å². The second-order valence-corrected chi connectivity index (χ2v) is 6.16. The molecule has 0 aliphatic heterocycles. The van der Waals surface area contributed by atoms with Crippen LogP contribution in [-0.4, -0.2) is 30.4 Å². The molecule has 2 aromatic heterocycles. The summed E-state index contributed by atoms with van der Waals surface area (Å²) >= 11 is 3.34. The zero-order valence-corrected chi connectivity index (χ0v) is 15.1. The van der Waals surface area contributed by atoms with E-state index in [9.17, 15) is 14.9 Å². The largest absolute Gasteiger partial charge is 0.471 e. The second-order valence-electron chi connectivity index (χ2n) is 5.24. The number of nitro groups is 1. The molecule has 26 heavy (non-hydrogen) atoms. The zero-order chi connectivity index (χ0) is 18.7. The first-order chi connectivity index (χ1) is 12.4. The molecule has 0 atom stereocenters. The molecule has 0 saturated heterocycles. The molecule has 0 fully saturated rings. The second kappa shape index (κ2) is 7.35. The smallest absolute Gasteiger partial charge is 0.320 e. The Hall–Kier alpha value is -3.21. The predicted molar refractivity (Wildman–Crippen MR) is 94.8 cm³/mol. The topological polar surface area (TPSA) is 117 Å². The lowest BCUT2D eigenvalue weighted by molar-refractivity contribution is -0.385. The van der Waals surface area contributed by atoms with Crippen molar-refractivity contribution >= 4 is 33.2 Å². The minimum absolute atomic E-state index is 0.140. The molecule has 0 unspecified atom stereocenters. The van der Waals surface area contributed by atoms with Crippen LogP contribution < -0.4 is 10.1 Å². The number of benzene rings is 1. The molecule has 3 aromatic rings. The molecule has 2 heterocycles. The van der Waals surface area contributed by atoms with Crippen molar-refractivity contribution in [3.05, 3.63) is 63.1 Å². The van der Waals surface area contributed by atoms with Gasteiger partial charge in [0.05, 0.1) is 23.0 Å². The highest BCUT2D eigenvalue weighted by Crippen LogP contribution is 2.19. The lowest BCUT2D eigenvalue weighted by Gasteiger charge is -2.05. The minimum Gasteiger partial charge on any atom is -0.471 e.